The fraction of sp³-hybridized carbons (Fsp3) is 0.213. The highest BCUT2D eigenvalue weighted by Gasteiger charge is 2.28. The summed E-state index contributed by atoms with van der Waals surface area (Å²) in [6.07, 6.45) is 1.81. The highest BCUT2D eigenvalue weighted by Crippen LogP contribution is 2.47. The quantitative estimate of drug-likeness (QED) is 0.160. The molecule has 396 valence electrons. The highest BCUT2D eigenvalue weighted by molar-refractivity contribution is 6.22. The van der Waals surface area contributed by atoms with Gasteiger partial charge in [-0.25, -0.2) is 4.98 Å². The summed E-state index contributed by atoms with van der Waals surface area (Å²) in [5, 5.41) is 9.43. The first-order chi connectivity index (χ1) is 38.7. The third kappa shape index (κ3) is 8.84. The number of hydrogen-bond acceptors (Lipinski definition) is 3. The molecule has 9 aromatic carbocycles. The van der Waals surface area contributed by atoms with Gasteiger partial charge in [0.1, 0.15) is 24.0 Å². The maximum atomic E-state index is 8.83. The lowest BCUT2D eigenvalue weighted by molar-refractivity contribution is 0.483. The molecule has 0 bridgehead atoms. The SMILES string of the molecule is [2H]C(C)(C)c1ccnc(-n2c3ccccc3c3ccc(Oc4cccc(N5Cn6c7c(-c8cc(-c9cc(C(C)(C)C)cc(C(C)(C)C)c9)cc(C(C)(C)C)c8)cccc7c7ccccc7c7ccccc7c7cccc5c76)c4)cc32)c1. The Balaban J connectivity index is 1.01. The van der Waals surface area contributed by atoms with Gasteiger partial charge in [0.15, 0.2) is 0 Å². The van der Waals surface area contributed by atoms with Crippen LogP contribution >= 0.6 is 0 Å². The third-order valence-corrected chi connectivity index (χ3v) is 16.6. The first-order valence-corrected chi connectivity index (χ1v) is 28.3. The minimum Gasteiger partial charge on any atom is -0.457 e. The lowest BCUT2D eigenvalue weighted by Crippen LogP contribution is -2.16. The normalized spacial score (nSPS) is 13.3. The average Bonchev–Trinajstić information content (AvgIpc) is 3.03. The number of hydrogen-bond donors (Lipinski definition) is 0. The highest BCUT2D eigenvalue weighted by atomic mass is 16.5. The first-order valence-electron chi connectivity index (χ1n) is 28.8. The van der Waals surface area contributed by atoms with Crippen molar-refractivity contribution in [3.63, 3.8) is 0 Å². The Morgan fingerprint density at radius 3 is 1.62 bits per heavy atom. The van der Waals surface area contributed by atoms with Crippen LogP contribution in [0.25, 0.3) is 93.2 Å². The van der Waals surface area contributed by atoms with Crippen molar-refractivity contribution in [3.8, 4) is 39.6 Å². The molecule has 0 saturated carbocycles. The van der Waals surface area contributed by atoms with Crippen LogP contribution in [0.2, 0.25) is 0 Å². The number of benzene rings is 9. The smallest absolute Gasteiger partial charge is 0.137 e. The Hall–Kier alpha value is -8.67. The van der Waals surface area contributed by atoms with E-state index in [2.05, 4.69) is 264 Å². The molecule has 0 radical (unpaired) electrons. The zero-order valence-electron chi connectivity index (χ0n) is 49.0. The molecule has 5 nitrogen and oxygen atoms in total. The molecule has 5 heteroatoms. The van der Waals surface area contributed by atoms with Crippen LogP contribution in [0.3, 0.4) is 0 Å². The summed E-state index contributed by atoms with van der Waals surface area (Å²) >= 11 is 0. The van der Waals surface area contributed by atoms with Gasteiger partial charge in [-0.1, -0.05) is 210 Å². The van der Waals surface area contributed by atoms with Crippen LogP contribution in [0.5, 0.6) is 11.5 Å². The minimum absolute atomic E-state index is 0.0268. The number of rotatable bonds is 7. The summed E-state index contributed by atoms with van der Waals surface area (Å²) in [4.78, 5) is 7.32. The maximum absolute atomic E-state index is 8.83. The van der Waals surface area contributed by atoms with Crippen LogP contribution in [-0.4, -0.2) is 14.1 Å². The topological polar surface area (TPSA) is 35.2 Å². The largest absolute Gasteiger partial charge is 0.457 e. The summed E-state index contributed by atoms with van der Waals surface area (Å²) in [5.74, 6) is 1.45. The van der Waals surface area contributed by atoms with E-state index in [0.29, 0.717) is 6.67 Å². The number of aromatic nitrogens is 3. The summed E-state index contributed by atoms with van der Waals surface area (Å²) in [6, 6.07) is 73.6. The molecule has 80 heavy (non-hydrogen) atoms. The average molecular weight is 1040 g/mol. The zero-order valence-corrected chi connectivity index (χ0v) is 48.0. The number of pyridine rings is 1. The van der Waals surface area contributed by atoms with Gasteiger partial charge in [0.05, 0.1) is 27.8 Å². The van der Waals surface area contributed by atoms with Gasteiger partial charge in [0.2, 0.25) is 0 Å². The molecule has 0 saturated heterocycles. The summed E-state index contributed by atoms with van der Waals surface area (Å²) < 4.78 is 20.6. The molecule has 0 atom stereocenters. The third-order valence-electron chi connectivity index (χ3n) is 16.6. The van der Waals surface area contributed by atoms with Crippen LogP contribution in [0, 0.1) is 0 Å². The number of para-hydroxylation sites is 3. The van der Waals surface area contributed by atoms with E-state index in [9.17, 15) is 0 Å². The van der Waals surface area contributed by atoms with Crippen molar-refractivity contribution in [3.05, 3.63) is 229 Å². The van der Waals surface area contributed by atoms with Gasteiger partial charge < -0.3 is 14.2 Å². The van der Waals surface area contributed by atoms with Crippen molar-refractivity contribution in [2.24, 2.45) is 0 Å². The van der Waals surface area contributed by atoms with Gasteiger partial charge in [-0.05, 0) is 137 Å². The Bertz CT molecular complexity index is 4550. The van der Waals surface area contributed by atoms with Gasteiger partial charge >= 0.3 is 0 Å². The minimum atomic E-state index is -0.778. The Kier molecular flexibility index (Phi) is 11.8. The summed E-state index contributed by atoms with van der Waals surface area (Å²) in [7, 11) is 0. The van der Waals surface area contributed by atoms with E-state index in [1.54, 1.807) is 0 Å². The van der Waals surface area contributed by atoms with Crippen LogP contribution in [0.1, 0.15) is 106 Å². The fourth-order valence-electron chi connectivity index (χ4n) is 12.1. The van der Waals surface area contributed by atoms with Crippen molar-refractivity contribution in [1.82, 2.24) is 14.1 Å². The number of fused-ring (bicyclic) bond motifs is 10. The molecular weight excluding hydrogens is 973 g/mol. The molecule has 0 aliphatic carbocycles. The van der Waals surface area contributed by atoms with Crippen molar-refractivity contribution < 1.29 is 6.11 Å². The summed E-state index contributed by atoms with van der Waals surface area (Å²) in [5.41, 5.74) is 16.1. The number of anilines is 2. The standard InChI is InChI=1S/C75H70N4O/c1-47(2)48-35-36-76-70(42-48)79-67-31-17-16-27-63(67)64-34-33-57(45-69(64)79)80-56-22-18-21-55(44-56)77-46-78-71-58(51-37-49(38-52(41-51)73(3,4)5)50-39-53(74(6,7)8)43-54(40-50)75(9,10)11)28-19-29-65(71)61-25-14-12-23-59(61)60-24-13-15-26-62(60)66-30-20-32-68(77)72(66)78/h12-45,47H,46H2,1-11H3/i47D. The van der Waals surface area contributed by atoms with Gasteiger partial charge in [-0.2, -0.15) is 0 Å². The molecule has 0 N–H and O–H groups in total. The van der Waals surface area contributed by atoms with Crippen LogP contribution < -0.4 is 9.64 Å². The number of ether oxygens (including phenoxy) is 1. The molecule has 12 aromatic rings. The van der Waals surface area contributed by atoms with Crippen LogP contribution in [0.4, 0.5) is 11.4 Å². The second-order valence-corrected chi connectivity index (χ2v) is 25.3. The molecule has 3 aromatic heterocycles. The van der Waals surface area contributed by atoms with Crippen molar-refractivity contribution >= 4 is 76.5 Å². The van der Waals surface area contributed by atoms with Crippen LogP contribution in [0.15, 0.2) is 206 Å². The van der Waals surface area contributed by atoms with Gasteiger partial charge in [0, 0.05) is 52.5 Å². The predicted molar refractivity (Wildman–Crippen MR) is 340 cm³/mol. The second-order valence-electron chi connectivity index (χ2n) is 25.3. The molecule has 0 amide bonds. The first kappa shape index (κ1) is 49.6. The molecule has 13 rings (SSSR count). The molecule has 0 fully saturated rings. The lowest BCUT2D eigenvalue weighted by atomic mass is 9.78. The molecule has 4 heterocycles. The van der Waals surface area contributed by atoms with E-state index in [0.717, 1.165) is 56.1 Å². The Labute approximate surface area is 472 Å². The van der Waals surface area contributed by atoms with Crippen molar-refractivity contribution in [2.75, 3.05) is 4.90 Å². The monoisotopic (exact) mass is 1040 g/mol. The van der Waals surface area contributed by atoms with Crippen molar-refractivity contribution in [2.45, 2.75) is 105 Å². The molecular formula is C75H70N4O. The summed E-state index contributed by atoms with van der Waals surface area (Å²) in [6.45, 7) is 25.4. The van der Waals surface area contributed by atoms with Gasteiger partial charge in [0.25, 0.3) is 0 Å². The fourth-order valence-corrected chi connectivity index (χ4v) is 12.1. The van der Waals surface area contributed by atoms with E-state index in [1.807, 2.05) is 32.2 Å². The lowest BCUT2D eigenvalue weighted by Gasteiger charge is -2.27. The zero-order chi connectivity index (χ0) is 56.3. The van der Waals surface area contributed by atoms with E-state index in [4.69, 9.17) is 11.1 Å². The molecule has 0 spiro atoms. The van der Waals surface area contributed by atoms with Gasteiger partial charge in [-0.3, -0.25) is 4.57 Å². The molecule has 1 aliphatic rings. The molecule has 0 unspecified atom stereocenters. The predicted octanol–water partition coefficient (Wildman–Crippen LogP) is 21.0. The Morgan fingerprint density at radius 1 is 0.450 bits per heavy atom. The van der Waals surface area contributed by atoms with Crippen molar-refractivity contribution in [1.29, 1.82) is 0 Å². The Morgan fingerprint density at radius 2 is 0.975 bits per heavy atom. The van der Waals surface area contributed by atoms with E-state index < -0.39 is 5.89 Å². The second kappa shape index (κ2) is 19.0. The molecule has 1 aliphatic heterocycles. The number of nitrogens with zero attached hydrogens (tertiary/aromatic N) is 4. The van der Waals surface area contributed by atoms with E-state index >= 15 is 0 Å². The van der Waals surface area contributed by atoms with Gasteiger partial charge in [-0.15, -0.1) is 0 Å². The van der Waals surface area contributed by atoms with Crippen LogP contribution in [-0.2, 0) is 22.9 Å². The van der Waals surface area contributed by atoms with E-state index in [-0.39, 0.29) is 16.2 Å². The van der Waals surface area contributed by atoms with E-state index in [1.165, 1.54) is 82.3 Å². The maximum Gasteiger partial charge on any atom is 0.137 e.